The summed E-state index contributed by atoms with van der Waals surface area (Å²) in [5.41, 5.74) is -1.67. The van der Waals surface area contributed by atoms with Crippen LogP contribution in [0.2, 0.25) is 5.02 Å². The second-order valence-corrected chi connectivity index (χ2v) is 6.68. The van der Waals surface area contributed by atoms with Gasteiger partial charge in [0.25, 0.3) is 0 Å². The molecule has 0 saturated carbocycles. The monoisotopic (exact) mass is 451 g/mol. The molecule has 3 rings (SSSR count). The Kier molecular flexibility index (Phi) is 6.03. The molecule has 0 spiro atoms. The maximum absolute atomic E-state index is 12.7. The average Bonchev–Trinajstić information content (AvgIpc) is 2.70. The molecule has 1 aromatic carbocycles. The fourth-order valence-corrected chi connectivity index (χ4v) is 2.50. The molecule has 0 amide bonds. The van der Waals surface area contributed by atoms with E-state index in [0.717, 1.165) is 6.07 Å². The van der Waals surface area contributed by atoms with Gasteiger partial charge in [0, 0.05) is 26.0 Å². The van der Waals surface area contributed by atoms with Crippen molar-refractivity contribution < 1.29 is 22.3 Å². The molecule has 1 N–H and O–H groups in total. The Morgan fingerprint density at radius 2 is 1.94 bits per heavy atom. The van der Waals surface area contributed by atoms with Crippen molar-refractivity contribution in [2.45, 2.75) is 6.18 Å². The quantitative estimate of drug-likeness (QED) is 0.601. The van der Waals surface area contributed by atoms with Gasteiger partial charge in [-0.2, -0.15) is 23.4 Å². The summed E-state index contributed by atoms with van der Waals surface area (Å²) in [5, 5.41) is 11.7. The van der Waals surface area contributed by atoms with Gasteiger partial charge in [0.05, 0.1) is 5.56 Å². The maximum atomic E-state index is 12.7. The Labute approximate surface area is 178 Å². The van der Waals surface area contributed by atoms with E-state index in [1.807, 2.05) is 0 Å². The Bertz CT molecular complexity index is 1200. The lowest BCUT2D eigenvalue weighted by atomic mass is 10.2. The Morgan fingerprint density at radius 1 is 1.26 bits per heavy atom. The van der Waals surface area contributed by atoms with Gasteiger partial charge in [-0.15, -0.1) is 0 Å². The molecule has 2 aromatic heterocycles. The van der Waals surface area contributed by atoms with E-state index < -0.39 is 17.4 Å². The Morgan fingerprint density at radius 3 is 2.48 bits per heavy atom. The summed E-state index contributed by atoms with van der Waals surface area (Å²) in [7, 11) is 3.24. The summed E-state index contributed by atoms with van der Waals surface area (Å²) in [6.07, 6.45) is -3.95. The molecule has 0 radical (unpaired) electrons. The molecule has 12 heteroatoms. The van der Waals surface area contributed by atoms with E-state index in [1.54, 1.807) is 32.3 Å². The molecule has 160 valence electrons. The third-order valence-electron chi connectivity index (χ3n) is 3.79. The van der Waals surface area contributed by atoms with E-state index >= 15 is 0 Å². The number of aromatic nitrogens is 2. The first-order chi connectivity index (χ1) is 14.6. The highest BCUT2D eigenvalue weighted by molar-refractivity contribution is 6.31. The fraction of sp³-hybridized carbons (Fsp3) is 0.158. The fourth-order valence-electron chi connectivity index (χ4n) is 2.30. The molecule has 2 heterocycles. The number of nitriles is 1. The summed E-state index contributed by atoms with van der Waals surface area (Å²) < 4.78 is 48.5. The molecule has 3 aromatic rings. The van der Waals surface area contributed by atoms with Crippen LogP contribution in [0, 0.1) is 11.3 Å². The van der Waals surface area contributed by atoms with Crippen molar-refractivity contribution in [3.05, 3.63) is 63.1 Å². The van der Waals surface area contributed by atoms with Crippen LogP contribution in [0.5, 0.6) is 11.6 Å². The number of pyridine rings is 1. The van der Waals surface area contributed by atoms with Crippen LogP contribution in [-0.2, 0) is 6.18 Å². The molecular weight excluding hydrogens is 439 g/mol. The first-order valence-corrected chi connectivity index (χ1v) is 8.86. The number of rotatable bonds is 5. The number of alkyl halides is 3. The molecule has 0 aliphatic carbocycles. The lowest BCUT2D eigenvalue weighted by Gasteiger charge is -2.13. The van der Waals surface area contributed by atoms with Gasteiger partial charge in [0.2, 0.25) is 5.88 Å². The van der Waals surface area contributed by atoms with Crippen LogP contribution < -0.4 is 20.6 Å². The van der Waals surface area contributed by atoms with Crippen molar-refractivity contribution in [3.63, 3.8) is 0 Å². The summed E-state index contributed by atoms with van der Waals surface area (Å²) in [5.74, 6) is 0.0541. The second-order valence-electron chi connectivity index (χ2n) is 6.27. The van der Waals surface area contributed by atoms with E-state index in [2.05, 4.69) is 15.3 Å². The number of nitrogens with zero attached hydrogens (tertiary/aromatic N) is 4. The van der Waals surface area contributed by atoms with Gasteiger partial charge in [-0.25, -0.2) is 9.78 Å². The van der Waals surface area contributed by atoms with Crippen molar-refractivity contribution in [1.82, 2.24) is 9.97 Å². The van der Waals surface area contributed by atoms with Crippen LogP contribution in [-0.4, -0.2) is 24.1 Å². The number of halogens is 4. The molecule has 0 unspecified atom stereocenters. The minimum absolute atomic E-state index is 0.00330. The SMILES string of the molecule is CN(C)c1nc(Nc2ccc(Oc3ncc(C(F)(F)F)cc3Cl)cc2)c(C#N)c(=O)o1. The van der Waals surface area contributed by atoms with Gasteiger partial charge in [-0.3, -0.25) is 0 Å². The van der Waals surface area contributed by atoms with E-state index in [4.69, 9.17) is 20.8 Å². The van der Waals surface area contributed by atoms with Crippen molar-refractivity contribution in [2.75, 3.05) is 24.3 Å². The molecule has 31 heavy (non-hydrogen) atoms. The number of hydrogen-bond donors (Lipinski definition) is 1. The lowest BCUT2D eigenvalue weighted by molar-refractivity contribution is -0.137. The van der Waals surface area contributed by atoms with E-state index in [0.29, 0.717) is 11.9 Å². The van der Waals surface area contributed by atoms with Crippen LogP contribution in [0.3, 0.4) is 0 Å². The number of nitrogens with one attached hydrogen (secondary N) is 1. The molecule has 0 aliphatic heterocycles. The van der Waals surface area contributed by atoms with Crippen LogP contribution in [0.15, 0.2) is 45.7 Å². The standard InChI is InChI=1S/C19H13ClF3N5O3/c1-28(2)18-27-15(13(8-24)17(29)31-18)26-11-3-5-12(6-4-11)30-16-14(20)7-10(9-25-16)19(21,22)23/h3-7,9,26H,1-2H3. The van der Waals surface area contributed by atoms with Gasteiger partial charge < -0.3 is 19.4 Å². The molecule has 8 nitrogen and oxygen atoms in total. The van der Waals surface area contributed by atoms with Crippen LogP contribution in [0.1, 0.15) is 11.1 Å². The number of hydrogen-bond acceptors (Lipinski definition) is 8. The summed E-state index contributed by atoms with van der Waals surface area (Å²) in [6, 6.07) is 8.53. The number of anilines is 3. The zero-order valence-corrected chi connectivity index (χ0v) is 16.7. The van der Waals surface area contributed by atoms with Gasteiger partial charge in [-0.1, -0.05) is 11.6 Å². The molecule has 0 saturated heterocycles. The Balaban J connectivity index is 1.81. The first-order valence-electron chi connectivity index (χ1n) is 8.48. The van der Waals surface area contributed by atoms with Crippen LogP contribution >= 0.6 is 11.6 Å². The zero-order chi connectivity index (χ0) is 22.8. The zero-order valence-electron chi connectivity index (χ0n) is 16.0. The first kappa shape index (κ1) is 21.9. The third-order valence-corrected chi connectivity index (χ3v) is 4.06. The van der Waals surface area contributed by atoms with Gasteiger partial charge >= 0.3 is 17.8 Å². The van der Waals surface area contributed by atoms with Gasteiger partial charge in [0.1, 0.15) is 16.8 Å². The highest BCUT2D eigenvalue weighted by Gasteiger charge is 2.31. The maximum Gasteiger partial charge on any atom is 0.417 e. The van der Waals surface area contributed by atoms with E-state index in [9.17, 15) is 23.2 Å². The van der Waals surface area contributed by atoms with Crippen LogP contribution in [0.25, 0.3) is 0 Å². The van der Waals surface area contributed by atoms with Crippen molar-refractivity contribution in [2.24, 2.45) is 0 Å². The van der Waals surface area contributed by atoms with Crippen LogP contribution in [0.4, 0.5) is 30.7 Å². The molecule has 0 atom stereocenters. The minimum Gasteiger partial charge on any atom is -0.438 e. The van der Waals surface area contributed by atoms with Gasteiger partial charge in [0.15, 0.2) is 11.4 Å². The predicted molar refractivity (Wildman–Crippen MR) is 106 cm³/mol. The largest absolute Gasteiger partial charge is 0.438 e. The normalized spacial score (nSPS) is 11.0. The Hall–Kier alpha value is -3.78. The molecule has 0 aliphatic rings. The minimum atomic E-state index is -4.57. The summed E-state index contributed by atoms with van der Waals surface area (Å²) in [6.45, 7) is 0. The second kappa shape index (κ2) is 8.53. The molecular formula is C19H13ClF3N5O3. The highest BCUT2D eigenvalue weighted by Crippen LogP contribution is 2.35. The van der Waals surface area contributed by atoms with Crippen molar-refractivity contribution in [3.8, 4) is 17.7 Å². The lowest BCUT2D eigenvalue weighted by Crippen LogP contribution is -2.17. The molecule has 0 bridgehead atoms. The van der Waals surface area contributed by atoms with E-state index in [1.165, 1.54) is 17.0 Å². The summed E-state index contributed by atoms with van der Waals surface area (Å²) in [4.78, 5) is 21.1. The average molecular weight is 452 g/mol. The number of ether oxygens (including phenoxy) is 1. The third kappa shape index (κ3) is 5.04. The highest BCUT2D eigenvalue weighted by atomic mass is 35.5. The van der Waals surface area contributed by atoms with Crippen molar-refractivity contribution in [1.29, 1.82) is 5.26 Å². The topological polar surface area (TPSA) is 104 Å². The summed E-state index contributed by atoms with van der Waals surface area (Å²) >= 11 is 5.83. The number of benzene rings is 1. The molecule has 0 fully saturated rings. The van der Waals surface area contributed by atoms with E-state index in [-0.39, 0.29) is 34.0 Å². The smallest absolute Gasteiger partial charge is 0.417 e. The predicted octanol–water partition coefficient (Wildman–Crippen LogP) is 4.58. The van der Waals surface area contributed by atoms with Gasteiger partial charge in [-0.05, 0) is 30.3 Å². The van der Waals surface area contributed by atoms with Crippen molar-refractivity contribution >= 4 is 29.1 Å².